The van der Waals surface area contributed by atoms with Gasteiger partial charge in [-0.05, 0) is 38.8 Å². The molecule has 6 heteroatoms. The maximum Gasteiger partial charge on any atom is 0.331 e. The van der Waals surface area contributed by atoms with Crippen LogP contribution in [0.2, 0.25) is 0 Å². The summed E-state index contributed by atoms with van der Waals surface area (Å²) in [5.74, 6) is -0.424. The topological polar surface area (TPSA) is 81.7 Å². The van der Waals surface area contributed by atoms with Crippen molar-refractivity contribution in [3.05, 3.63) is 29.8 Å². The van der Waals surface area contributed by atoms with Crippen LogP contribution >= 0.6 is 0 Å². The van der Waals surface area contributed by atoms with Crippen molar-refractivity contribution in [2.75, 3.05) is 7.11 Å². The highest BCUT2D eigenvalue weighted by Crippen LogP contribution is 2.29. The van der Waals surface area contributed by atoms with Crippen molar-refractivity contribution in [1.82, 2.24) is 5.32 Å². The molecule has 136 valence electrons. The van der Waals surface area contributed by atoms with E-state index in [1.165, 1.54) is 14.0 Å². The number of hydrogen-bond acceptors (Lipinski definition) is 5. The van der Waals surface area contributed by atoms with Crippen molar-refractivity contribution in [2.24, 2.45) is 0 Å². The highest BCUT2D eigenvalue weighted by atomic mass is 16.5. The average molecular weight is 347 g/mol. The standard InChI is InChI=1S/C19H25NO5/c1-13(21)15-8-7-9-16(12-15)25-14(2)17(22)20-19(18(23)24-3)10-5-4-6-11-19/h7-9,12,14H,4-6,10-11H2,1-3H3,(H,20,22)/t14-/m1/s1. The molecule has 1 aliphatic carbocycles. The molecule has 0 radical (unpaired) electrons. The van der Waals surface area contributed by atoms with Gasteiger partial charge >= 0.3 is 5.97 Å². The first kappa shape index (κ1) is 19.0. The Labute approximate surface area is 147 Å². The second-order valence-electron chi connectivity index (χ2n) is 6.47. The largest absolute Gasteiger partial charge is 0.481 e. The lowest BCUT2D eigenvalue weighted by Gasteiger charge is -2.35. The van der Waals surface area contributed by atoms with Gasteiger partial charge in [-0.1, -0.05) is 31.4 Å². The number of nitrogens with one attached hydrogen (secondary N) is 1. The summed E-state index contributed by atoms with van der Waals surface area (Å²) >= 11 is 0. The van der Waals surface area contributed by atoms with Crippen molar-refractivity contribution < 1.29 is 23.9 Å². The molecule has 1 saturated carbocycles. The number of Topliss-reactive ketones (excluding diaryl/α,β-unsaturated/α-hetero) is 1. The van der Waals surface area contributed by atoms with E-state index in [0.29, 0.717) is 24.2 Å². The Bertz CT molecular complexity index is 649. The lowest BCUT2D eigenvalue weighted by molar-refractivity contribution is -0.153. The number of ketones is 1. The SMILES string of the molecule is COC(=O)C1(NC(=O)[C@@H](C)Oc2cccc(C(C)=O)c2)CCCCC1. The predicted octanol–water partition coefficient (Wildman–Crippen LogP) is 2.65. The van der Waals surface area contributed by atoms with Crippen molar-refractivity contribution in [1.29, 1.82) is 0 Å². The van der Waals surface area contributed by atoms with Crippen LogP contribution in [0.5, 0.6) is 5.75 Å². The molecule has 1 amide bonds. The lowest BCUT2D eigenvalue weighted by atomic mass is 9.81. The Kier molecular flexibility index (Phi) is 6.17. The Hall–Kier alpha value is -2.37. The van der Waals surface area contributed by atoms with Crippen molar-refractivity contribution >= 4 is 17.7 Å². The van der Waals surface area contributed by atoms with Gasteiger partial charge in [0.15, 0.2) is 11.9 Å². The molecule has 25 heavy (non-hydrogen) atoms. The number of hydrogen-bond donors (Lipinski definition) is 1. The van der Waals surface area contributed by atoms with Gasteiger partial charge in [-0.3, -0.25) is 9.59 Å². The summed E-state index contributed by atoms with van der Waals surface area (Å²) in [6.45, 7) is 3.09. The number of rotatable bonds is 6. The Morgan fingerprint density at radius 1 is 1.16 bits per heavy atom. The highest BCUT2D eigenvalue weighted by Gasteiger charge is 2.42. The number of amides is 1. The minimum atomic E-state index is -0.969. The summed E-state index contributed by atoms with van der Waals surface area (Å²) in [5.41, 5.74) is -0.452. The van der Waals surface area contributed by atoms with Gasteiger partial charge in [0.2, 0.25) is 0 Å². The molecule has 0 heterocycles. The van der Waals surface area contributed by atoms with E-state index in [0.717, 1.165) is 19.3 Å². The van der Waals surface area contributed by atoms with Gasteiger partial charge in [0, 0.05) is 5.56 Å². The number of ether oxygens (including phenoxy) is 2. The molecule has 1 aromatic rings. The van der Waals surface area contributed by atoms with E-state index in [-0.39, 0.29) is 11.7 Å². The van der Waals surface area contributed by atoms with Crippen molar-refractivity contribution in [2.45, 2.75) is 57.6 Å². The van der Waals surface area contributed by atoms with Gasteiger partial charge in [-0.15, -0.1) is 0 Å². The van der Waals surface area contributed by atoms with E-state index in [1.54, 1.807) is 31.2 Å². The fraction of sp³-hybridized carbons (Fsp3) is 0.526. The van der Waals surface area contributed by atoms with Gasteiger partial charge < -0.3 is 14.8 Å². The molecule has 0 unspecified atom stereocenters. The molecule has 6 nitrogen and oxygen atoms in total. The average Bonchev–Trinajstić information content (AvgIpc) is 2.61. The first-order valence-corrected chi connectivity index (χ1v) is 8.56. The minimum Gasteiger partial charge on any atom is -0.481 e. The van der Waals surface area contributed by atoms with Crippen LogP contribution in [0.15, 0.2) is 24.3 Å². The minimum absolute atomic E-state index is 0.0746. The van der Waals surface area contributed by atoms with Crippen LogP contribution in [-0.2, 0) is 14.3 Å². The Morgan fingerprint density at radius 2 is 1.84 bits per heavy atom. The number of carbonyl (C=O) groups is 3. The second kappa shape index (κ2) is 8.14. The Balaban J connectivity index is 2.07. The zero-order chi connectivity index (χ0) is 18.4. The van der Waals surface area contributed by atoms with Crippen LogP contribution in [0, 0.1) is 0 Å². The monoisotopic (exact) mass is 347 g/mol. The first-order valence-electron chi connectivity index (χ1n) is 8.56. The van der Waals surface area contributed by atoms with Crippen LogP contribution in [0.25, 0.3) is 0 Å². The molecule has 1 N–H and O–H groups in total. The van der Waals surface area contributed by atoms with Gasteiger partial charge in [-0.25, -0.2) is 4.79 Å². The van der Waals surface area contributed by atoms with Crippen LogP contribution in [0.4, 0.5) is 0 Å². The molecule has 0 bridgehead atoms. The molecule has 1 fully saturated rings. The van der Waals surface area contributed by atoms with Gasteiger partial charge in [0.05, 0.1) is 7.11 Å². The van der Waals surface area contributed by atoms with E-state index in [2.05, 4.69) is 5.32 Å². The molecule has 0 saturated heterocycles. The summed E-state index contributed by atoms with van der Waals surface area (Å²) < 4.78 is 10.6. The maximum atomic E-state index is 12.5. The predicted molar refractivity (Wildman–Crippen MR) is 92.5 cm³/mol. The van der Waals surface area contributed by atoms with Crippen molar-refractivity contribution in [3.8, 4) is 5.75 Å². The number of benzene rings is 1. The third-order valence-corrected chi connectivity index (χ3v) is 4.57. The van der Waals surface area contributed by atoms with Crippen molar-refractivity contribution in [3.63, 3.8) is 0 Å². The zero-order valence-corrected chi connectivity index (χ0v) is 15.0. The van der Waals surface area contributed by atoms with E-state index in [4.69, 9.17) is 9.47 Å². The molecule has 0 aromatic heterocycles. The summed E-state index contributed by atoms with van der Waals surface area (Å²) in [6.07, 6.45) is 3.11. The fourth-order valence-electron chi connectivity index (χ4n) is 3.11. The van der Waals surface area contributed by atoms with E-state index in [1.807, 2.05) is 0 Å². The van der Waals surface area contributed by atoms with Crippen LogP contribution < -0.4 is 10.1 Å². The summed E-state index contributed by atoms with van der Waals surface area (Å²) in [6, 6.07) is 6.68. The summed E-state index contributed by atoms with van der Waals surface area (Å²) in [4.78, 5) is 36.2. The van der Waals surface area contributed by atoms with Gasteiger partial charge in [-0.2, -0.15) is 0 Å². The third-order valence-electron chi connectivity index (χ3n) is 4.57. The first-order chi connectivity index (χ1) is 11.9. The quantitative estimate of drug-likeness (QED) is 0.632. The van der Waals surface area contributed by atoms with Gasteiger partial charge in [0.25, 0.3) is 5.91 Å². The molecule has 1 aromatic carbocycles. The summed E-state index contributed by atoms with van der Waals surface area (Å²) in [5, 5.41) is 2.84. The number of methoxy groups -OCH3 is 1. The highest BCUT2D eigenvalue weighted by molar-refractivity contribution is 5.94. The molecule has 1 aliphatic rings. The molecule has 0 aliphatic heterocycles. The molecule has 0 spiro atoms. The molecule has 1 atom stereocenters. The Morgan fingerprint density at radius 3 is 2.44 bits per heavy atom. The van der Waals surface area contributed by atoms with E-state index < -0.39 is 17.6 Å². The van der Waals surface area contributed by atoms with E-state index in [9.17, 15) is 14.4 Å². The van der Waals surface area contributed by atoms with Crippen LogP contribution in [0.3, 0.4) is 0 Å². The van der Waals surface area contributed by atoms with Crippen LogP contribution in [-0.4, -0.2) is 36.4 Å². The molecular weight excluding hydrogens is 322 g/mol. The number of esters is 1. The normalized spacial score (nSPS) is 17.2. The van der Waals surface area contributed by atoms with Gasteiger partial charge in [0.1, 0.15) is 11.3 Å². The second-order valence-corrected chi connectivity index (χ2v) is 6.47. The third kappa shape index (κ3) is 4.59. The molecular formula is C19H25NO5. The summed E-state index contributed by atoms with van der Waals surface area (Å²) in [7, 11) is 1.33. The van der Waals surface area contributed by atoms with E-state index >= 15 is 0 Å². The maximum absolute atomic E-state index is 12.5. The van der Waals surface area contributed by atoms with Crippen LogP contribution in [0.1, 0.15) is 56.3 Å². The molecule has 2 rings (SSSR count). The lowest BCUT2D eigenvalue weighted by Crippen LogP contribution is -2.58. The zero-order valence-electron chi connectivity index (χ0n) is 15.0. The smallest absolute Gasteiger partial charge is 0.331 e. The fourth-order valence-corrected chi connectivity index (χ4v) is 3.11. The number of carbonyl (C=O) groups excluding carboxylic acids is 3.